The van der Waals surface area contributed by atoms with Crippen molar-refractivity contribution in [2.75, 3.05) is 0 Å². The molecule has 1 N–H and O–H groups in total. The fourth-order valence-corrected chi connectivity index (χ4v) is 1.76. The van der Waals surface area contributed by atoms with Gasteiger partial charge in [0.05, 0.1) is 0 Å². The Morgan fingerprint density at radius 3 is 2.71 bits per heavy atom. The van der Waals surface area contributed by atoms with E-state index in [1.165, 1.54) is 24.0 Å². The third-order valence-corrected chi connectivity index (χ3v) is 2.70. The van der Waals surface area contributed by atoms with Gasteiger partial charge in [-0.1, -0.05) is 42.0 Å². The smallest absolute Gasteiger partial charge is 0.0256 e. The highest BCUT2D eigenvalue weighted by atomic mass is 14.9. The SMILES string of the molecule is Cc1ccc(CNC2C=CCC2)cc1. The Bertz CT molecular complexity index is 311. The maximum Gasteiger partial charge on any atom is 0.0256 e. The third kappa shape index (κ3) is 2.46. The fraction of sp³-hybridized carbons (Fsp3) is 0.385. The molecule has 0 fully saturated rings. The maximum absolute atomic E-state index is 3.53. The predicted octanol–water partition coefficient (Wildman–Crippen LogP) is 2.80. The van der Waals surface area contributed by atoms with Gasteiger partial charge in [0, 0.05) is 12.6 Å². The molecule has 1 aromatic carbocycles. The van der Waals surface area contributed by atoms with Gasteiger partial charge in [-0.25, -0.2) is 0 Å². The molecule has 0 saturated carbocycles. The van der Waals surface area contributed by atoms with Gasteiger partial charge in [0.1, 0.15) is 0 Å². The molecule has 1 nitrogen and oxygen atoms in total. The lowest BCUT2D eigenvalue weighted by molar-refractivity contribution is 0.582. The van der Waals surface area contributed by atoms with Crippen molar-refractivity contribution in [2.45, 2.75) is 32.4 Å². The number of hydrogen-bond acceptors (Lipinski definition) is 1. The lowest BCUT2D eigenvalue weighted by Gasteiger charge is -2.10. The molecule has 1 atom stereocenters. The summed E-state index contributed by atoms with van der Waals surface area (Å²) in [7, 11) is 0. The summed E-state index contributed by atoms with van der Waals surface area (Å²) in [6.07, 6.45) is 7.01. The summed E-state index contributed by atoms with van der Waals surface area (Å²) in [5.74, 6) is 0. The first kappa shape index (κ1) is 9.47. The highest BCUT2D eigenvalue weighted by Crippen LogP contribution is 2.10. The van der Waals surface area contributed by atoms with Crippen molar-refractivity contribution in [1.82, 2.24) is 5.32 Å². The highest BCUT2D eigenvalue weighted by molar-refractivity contribution is 5.21. The van der Waals surface area contributed by atoms with Gasteiger partial charge < -0.3 is 5.32 Å². The van der Waals surface area contributed by atoms with E-state index < -0.39 is 0 Å². The van der Waals surface area contributed by atoms with Crippen molar-refractivity contribution in [3.8, 4) is 0 Å². The van der Waals surface area contributed by atoms with Gasteiger partial charge in [-0.2, -0.15) is 0 Å². The van der Waals surface area contributed by atoms with Crippen molar-refractivity contribution in [3.63, 3.8) is 0 Å². The summed E-state index contributed by atoms with van der Waals surface area (Å²) in [5.41, 5.74) is 2.70. The summed E-state index contributed by atoms with van der Waals surface area (Å²) in [5, 5.41) is 3.53. The standard InChI is InChI=1S/C13H17N/c1-11-6-8-12(9-7-11)10-14-13-4-2-3-5-13/h2,4,6-9,13-14H,3,5,10H2,1H3. The Labute approximate surface area is 85.8 Å². The summed E-state index contributed by atoms with van der Waals surface area (Å²) in [6, 6.07) is 9.32. The Morgan fingerprint density at radius 2 is 2.07 bits per heavy atom. The highest BCUT2D eigenvalue weighted by Gasteiger charge is 2.07. The molecule has 0 aliphatic heterocycles. The molecule has 1 aromatic rings. The molecule has 0 amide bonds. The zero-order valence-corrected chi connectivity index (χ0v) is 8.66. The minimum Gasteiger partial charge on any atom is -0.306 e. The lowest BCUT2D eigenvalue weighted by atomic mass is 10.1. The molecule has 0 saturated heterocycles. The number of allylic oxidation sites excluding steroid dienone is 1. The second-order valence-corrected chi connectivity index (χ2v) is 3.98. The van der Waals surface area contributed by atoms with E-state index >= 15 is 0 Å². The van der Waals surface area contributed by atoms with Gasteiger partial charge in [-0.15, -0.1) is 0 Å². The van der Waals surface area contributed by atoms with E-state index in [2.05, 4.69) is 48.7 Å². The second kappa shape index (κ2) is 4.43. The fourth-order valence-electron chi connectivity index (χ4n) is 1.76. The molecule has 2 rings (SSSR count). The molecule has 74 valence electrons. The van der Waals surface area contributed by atoms with Crippen molar-refractivity contribution in [1.29, 1.82) is 0 Å². The van der Waals surface area contributed by atoms with Crippen LogP contribution in [0, 0.1) is 6.92 Å². The van der Waals surface area contributed by atoms with E-state index in [9.17, 15) is 0 Å². The van der Waals surface area contributed by atoms with Gasteiger partial charge in [0.25, 0.3) is 0 Å². The van der Waals surface area contributed by atoms with Crippen LogP contribution in [0.1, 0.15) is 24.0 Å². The van der Waals surface area contributed by atoms with E-state index in [4.69, 9.17) is 0 Å². The molecular formula is C13H17N. The van der Waals surface area contributed by atoms with Crippen LogP contribution in [0.15, 0.2) is 36.4 Å². The van der Waals surface area contributed by atoms with Crippen LogP contribution in [0.3, 0.4) is 0 Å². The molecule has 0 aromatic heterocycles. The molecule has 0 heterocycles. The molecule has 0 bridgehead atoms. The number of hydrogen-bond donors (Lipinski definition) is 1. The van der Waals surface area contributed by atoms with Crippen LogP contribution >= 0.6 is 0 Å². The molecule has 14 heavy (non-hydrogen) atoms. The summed E-state index contributed by atoms with van der Waals surface area (Å²) in [6.45, 7) is 3.10. The Kier molecular flexibility index (Phi) is 3.00. The summed E-state index contributed by atoms with van der Waals surface area (Å²) < 4.78 is 0. The quantitative estimate of drug-likeness (QED) is 0.717. The molecule has 1 aliphatic rings. The first-order chi connectivity index (χ1) is 6.84. The van der Waals surface area contributed by atoms with Crippen LogP contribution < -0.4 is 5.32 Å². The Morgan fingerprint density at radius 1 is 1.29 bits per heavy atom. The number of nitrogens with one attached hydrogen (secondary N) is 1. The van der Waals surface area contributed by atoms with Gasteiger partial charge >= 0.3 is 0 Å². The minimum absolute atomic E-state index is 0.594. The first-order valence-electron chi connectivity index (χ1n) is 5.30. The molecule has 1 heteroatoms. The van der Waals surface area contributed by atoms with Crippen LogP contribution in [0.2, 0.25) is 0 Å². The second-order valence-electron chi connectivity index (χ2n) is 3.98. The average molecular weight is 187 g/mol. The van der Waals surface area contributed by atoms with Crippen molar-refractivity contribution in [2.24, 2.45) is 0 Å². The van der Waals surface area contributed by atoms with Crippen molar-refractivity contribution >= 4 is 0 Å². The Hall–Kier alpha value is -1.08. The number of benzene rings is 1. The normalized spacial score (nSPS) is 20.2. The van der Waals surface area contributed by atoms with Crippen LogP contribution in [-0.2, 0) is 6.54 Å². The summed E-state index contributed by atoms with van der Waals surface area (Å²) in [4.78, 5) is 0. The van der Waals surface area contributed by atoms with Crippen LogP contribution in [0.25, 0.3) is 0 Å². The van der Waals surface area contributed by atoms with Gasteiger partial charge in [0.2, 0.25) is 0 Å². The molecule has 0 radical (unpaired) electrons. The minimum atomic E-state index is 0.594. The average Bonchev–Trinajstić information content (AvgIpc) is 2.70. The van der Waals surface area contributed by atoms with Crippen molar-refractivity contribution in [3.05, 3.63) is 47.5 Å². The van der Waals surface area contributed by atoms with E-state index in [-0.39, 0.29) is 0 Å². The lowest BCUT2D eigenvalue weighted by Crippen LogP contribution is -2.24. The van der Waals surface area contributed by atoms with Crippen LogP contribution in [0.4, 0.5) is 0 Å². The predicted molar refractivity (Wildman–Crippen MR) is 60.2 cm³/mol. The molecule has 1 aliphatic carbocycles. The zero-order chi connectivity index (χ0) is 9.80. The number of rotatable bonds is 3. The molecular weight excluding hydrogens is 170 g/mol. The Balaban J connectivity index is 1.85. The monoisotopic (exact) mass is 187 g/mol. The zero-order valence-electron chi connectivity index (χ0n) is 8.66. The van der Waals surface area contributed by atoms with Gasteiger partial charge in [-0.05, 0) is 25.3 Å². The maximum atomic E-state index is 3.53. The van der Waals surface area contributed by atoms with Crippen LogP contribution in [-0.4, -0.2) is 6.04 Å². The molecule has 1 unspecified atom stereocenters. The van der Waals surface area contributed by atoms with E-state index in [1.807, 2.05) is 0 Å². The van der Waals surface area contributed by atoms with Crippen LogP contribution in [0.5, 0.6) is 0 Å². The first-order valence-corrected chi connectivity index (χ1v) is 5.30. The number of aryl methyl sites for hydroxylation is 1. The van der Waals surface area contributed by atoms with E-state index in [0.717, 1.165) is 6.54 Å². The van der Waals surface area contributed by atoms with Crippen molar-refractivity contribution < 1.29 is 0 Å². The van der Waals surface area contributed by atoms with Gasteiger partial charge in [-0.3, -0.25) is 0 Å². The van der Waals surface area contributed by atoms with E-state index in [1.54, 1.807) is 0 Å². The van der Waals surface area contributed by atoms with E-state index in [0.29, 0.717) is 6.04 Å². The van der Waals surface area contributed by atoms with Gasteiger partial charge in [0.15, 0.2) is 0 Å². The largest absolute Gasteiger partial charge is 0.306 e. The summed E-state index contributed by atoms with van der Waals surface area (Å²) >= 11 is 0. The topological polar surface area (TPSA) is 12.0 Å². The molecule has 0 spiro atoms. The third-order valence-electron chi connectivity index (χ3n) is 2.70.